The second-order valence-electron chi connectivity index (χ2n) is 6.39. The zero-order valence-electron chi connectivity index (χ0n) is 14.1. The Bertz CT molecular complexity index is 828. The van der Waals surface area contributed by atoms with Crippen molar-refractivity contribution < 1.29 is 8.91 Å². The number of aromatic nitrogens is 2. The van der Waals surface area contributed by atoms with Crippen molar-refractivity contribution in [3.8, 4) is 0 Å². The highest BCUT2D eigenvalue weighted by molar-refractivity contribution is 5.79. The molecule has 0 unspecified atom stereocenters. The molecule has 0 saturated carbocycles. The first-order chi connectivity index (χ1) is 12.3. The minimum atomic E-state index is -0.291. The molecule has 1 saturated heterocycles. The monoisotopic (exact) mass is 340 g/mol. The predicted molar refractivity (Wildman–Crippen MR) is 95.2 cm³/mol. The molecule has 3 aromatic rings. The smallest absolute Gasteiger partial charge is 0.170 e. The van der Waals surface area contributed by atoms with E-state index in [4.69, 9.17) is 4.52 Å². The summed E-state index contributed by atoms with van der Waals surface area (Å²) in [7, 11) is 0. The lowest BCUT2D eigenvalue weighted by atomic mass is 10.1. The normalized spacial score (nSPS) is 15.8. The van der Waals surface area contributed by atoms with Gasteiger partial charge in [0.15, 0.2) is 5.58 Å². The van der Waals surface area contributed by atoms with E-state index in [-0.39, 0.29) is 5.82 Å². The lowest BCUT2D eigenvalue weighted by Crippen LogP contribution is -2.47. The van der Waals surface area contributed by atoms with Gasteiger partial charge in [0, 0.05) is 43.8 Å². The Labute approximate surface area is 146 Å². The third kappa shape index (κ3) is 3.64. The average Bonchev–Trinajstić information content (AvgIpc) is 3.05. The fourth-order valence-electron chi connectivity index (χ4n) is 3.36. The molecular weight excluding hydrogens is 319 g/mol. The summed E-state index contributed by atoms with van der Waals surface area (Å²) in [5.41, 5.74) is 1.45. The van der Waals surface area contributed by atoms with E-state index < -0.39 is 0 Å². The van der Waals surface area contributed by atoms with Gasteiger partial charge < -0.3 is 9.42 Å². The number of aryl methyl sites for hydroxylation is 1. The molecule has 5 nitrogen and oxygen atoms in total. The number of anilines is 1. The Hall–Kier alpha value is -2.47. The van der Waals surface area contributed by atoms with Crippen molar-refractivity contribution in [1.82, 2.24) is 15.0 Å². The van der Waals surface area contributed by atoms with Gasteiger partial charge in [0.25, 0.3) is 0 Å². The molecule has 130 valence electrons. The highest BCUT2D eigenvalue weighted by atomic mass is 19.1. The molecule has 4 rings (SSSR count). The highest BCUT2D eigenvalue weighted by Crippen LogP contribution is 2.21. The Kier molecular flexibility index (Phi) is 4.61. The molecule has 0 radical (unpaired) electrons. The fourth-order valence-corrected chi connectivity index (χ4v) is 3.36. The van der Waals surface area contributed by atoms with Gasteiger partial charge in [0.2, 0.25) is 0 Å². The van der Waals surface area contributed by atoms with Gasteiger partial charge in [0.05, 0.1) is 5.69 Å². The van der Waals surface area contributed by atoms with E-state index in [1.54, 1.807) is 6.07 Å². The van der Waals surface area contributed by atoms with Crippen molar-refractivity contribution in [1.29, 1.82) is 0 Å². The van der Waals surface area contributed by atoms with Crippen LogP contribution >= 0.6 is 0 Å². The third-order valence-electron chi connectivity index (χ3n) is 4.74. The molecule has 1 fully saturated rings. The van der Waals surface area contributed by atoms with Crippen molar-refractivity contribution >= 4 is 16.8 Å². The number of hydrogen-bond donors (Lipinski definition) is 0. The SMILES string of the molecule is Fc1ccc2c(CCCN3CCN(c4ccccn4)CC3)noc2c1. The van der Waals surface area contributed by atoms with Crippen molar-refractivity contribution in [2.75, 3.05) is 37.6 Å². The molecule has 3 heterocycles. The van der Waals surface area contributed by atoms with E-state index in [0.29, 0.717) is 5.58 Å². The number of rotatable bonds is 5. The van der Waals surface area contributed by atoms with E-state index in [1.165, 1.54) is 12.1 Å². The zero-order chi connectivity index (χ0) is 17.1. The number of piperazine rings is 1. The Morgan fingerprint density at radius 2 is 1.96 bits per heavy atom. The molecule has 0 aliphatic carbocycles. The number of fused-ring (bicyclic) bond motifs is 1. The first-order valence-electron chi connectivity index (χ1n) is 8.72. The molecular formula is C19H21FN4O. The van der Waals surface area contributed by atoms with Crippen LogP contribution in [-0.4, -0.2) is 47.8 Å². The molecule has 0 amide bonds. The van der Waals surface area contributed by atoms with Crippen molar-refractivity contribution in [3.63, 3.8) is 0 Å². The zero-order valence-corrected chi connectivity index (χ0v) is 14.1. The molecule has 0 bridgehead atoms. The van der Waals surface area contributed by atoms with Gasteiger partial charge in [-0.05, 0) is 43.7 Å². The second kappa shape index (κ2) is 7.19. The van der Waals surface area contributed by atoms with Gasteiger partial charge in [0.1, 0.15) is 11.6 Å². The summed E-state index contributed by atoms with van der Waals surface area (Å²) in [6.07, 6.45) is 3.71. The predicted octanol–water partition coefficient (Wildman–Crippen LogP) is 3.12. The first-order valence-corrected chi connectivity index (χ1v) is 8.72. The molecule has 1 aliphatic rings. The summed E-state index contributed by atoms with van der Waals surface area (Å²) in [6, 6.07) is 10.6. The summed E-state index contributed by atoms with van der Waals surface area (Å²) in [6.45, 7) is 5.13. The van der Waals surface area contributed by atoms with Crippen LogP contribution in [0.3, 0.4) is 0 Å². The quantitative estimate of drug-likeness (QED) is 0.714. The number of hydrogen-bond acceptors (Lipinski definition) is 5. The maximum Gasteiger partial charge on any atom is 0.170 e. The largest absolute Gasteiger partial charge is 0.356 e. The standard InChI is InChI=1S/C19H21FN4O/c20-15-6-7-16-17(22-25-18(16)14-15)4-3-9-23-10-12-24(13-11-23)19-5-1-2-8-21-19/h1-2,5-8,14H,3-4,9-13H2. The van der Waals surface area contributed by atoms with Gasteiger partial charge in [-0.25, -0.2) is 9.37 Å². The van der Waals surface area contributed by atoms with Crippen molar-refractivity contribution in [2.45, 2.75) is 12.8 Å². The van der Waals surface area contributed by atoms with E-state index in [9.17, 15) is 4.39 Å². The van der Waals surface area contributed by atoms with Crippen LogP contribution in [0.2, 0.25) is 0 Å². The van der Waals surface area contributed by atoms with E-state index in [1.807, 2.05) is 18.3 Å². The fraction of sp³-hybridized carbons (Fsp3) is 0.368. The number of nitrogens with zero attached hydrogens (tertiary/aromatic N) is 4. The molecule has 2 aromatic heterocycles. The first kappa shape index (κ1) is 16.0. The third-order valence-corrected chi connectivity index (χ3v) is 4.74. The molecule has 25 heavy (non-hydrogen) atoms. The van der Waals surface area contributed by atoms with Gasteiger partial charge in [-0.2, -0.15) is 0 Å². The Morgan fingerprint density at radius 3 is 2.76 bits per heavy atom. The van der Waals surface area contributed by atoms with Gasteiger partial charge >= 0.3 is 0 Å². The molecule has 0 spiro atoms. The van der Waals surface area contributed by atoms with E-state index in [2.05, 4.69) is 26.0 Å². The summed E-state index contributed by atoms with van der Waals surface area (Å²) < 4.78 is 18.4. The lowest BCUT2D eigenvalue weighted by Gasteiger charge is -2.35. The molecule has 0 N–H and O–H groups in total. The van der Waals surface area contributed by atoms with Crippen LogP contribution in [0.1, 0.15) is 12.1 Å². The maximum absolute atomic E-state index is 13.2. The number of halogens is 1. The van der Waals surface area contributed by atoms with E-state index >= 15 is 0 Å². The Morgan fingerprint density at radius 1 is 1.08 bits per heavy atom. The van der Waals surface area contributed by atoms with Crippen LogP contribution in [0.4, 0.5) is 10.2 Å². The van der Waals surface area contributed by atoms with Gasteiger partial charge in [-0.3, -0.25) is 4.90 Å². The van der Waals surface area contributed by atoms with Crippen LogP contribution in [-0.2, 0) is 6.42 Å². The van der Waals surface area contributed by atoms with Crippen LogP contribution < -0.4 is 4.90 Å². The van der Waals surface area contributed by atoms with E-state index in [0.717, 1.165) is 62.5 Å². The second-order valence-corrected chi connectivity index (χ2v) is 6.39. The topological polar surface area (TPSA) is 45.4 Å². The molecule has 1 aliphatic heterocycles. The molecule has 6 heteroatoms. The molecule has 1 aromatic carbocycles. The summed E-state index contributed by atoms with van der Waals surface area (Å²) in [5, 5.41) is 5.01. The van der Waals surface area contributed by atoms with Crippen molar-refractivity contribution in [2.24, 2.45) is 0 Å². The highest BCUT2D eigenvalue weighted by Gasteiger charge is 2.17. The van der Waals surface area contributed by atoms with Crippen LogP contribution in [0, 0.1) is 5.82 Å². The summed E-state index contributed by atoms with van der Waals surface area (Å²) in [5.74, 6) is 0.768. The van der Waals surface area contributed by atoms with Crippen LogP contribution in [0.15, 0.2) is 47.1 Å². The Balaban J connectivity index is 1.27. The lowest BCUT2D eigenvalue weighted by molar-refractivity contribution is 0.254. The minimum absolute atomic E-state index is 0.291. The maximum atomic E-state index is 13.2. The van der Waals surface area contributed by atoms with Gasteiger partial charge in [-0.15, -0.1) is 0 Å². The summed E-state index contributed by atoms with van der Waals surface area (Å²) in [4.78, 5) is 9.22. The number of pyridine rings is 1. The number of benzene rings is 1. The minimum Gasteiger partial charge on any atom is -0.356 e. The van der Waals surface area contributed by atoms with Gasteiger partial charge in [-0.1, -0.05) is 11.2 Å². The van der Waals surface area contributed by atoms with Crippen LogP contribution in [0.5, 0.6) is 0 Å². The molecule has 0 atom stereocenters. The van der Waals surface area contributed by atoms with Crippen LogP contribution in [0.25, 0.3) is 11.0 Å². The van der Waals surface area contributed by atoms with Crippen molar-refractivity contribution in [3.05, 3.63) is 54.1 Å². The average molecular weight is 340 g/mol. The summed E-state index contributed by atoms with van der Waals surface area (Å²) >= 11 is 0.